The fraction of sp³-hybridized carbons (Fsp3) is 0.364. The minimum absolute atomic E-state index is 0.222. The lowest BCUT2D eigenvalue weighted by molar-refractivity contribution is 0.0656. The first-order chi connectivity index (χ1) is 13.6. The number of hydrogen-bond donors (Lipinski definition) is 0. The zero-order valence-electron chi connectivity index (χ0n) is 16.4. The molecule has 2 aromatic carbocycles. The van der Waals surface area contributed by atoms with Crippen molar-refractivity contribution in [2.75, 3.05) is 51.8 Å². The minimum Gasteiger partial charge on any atom is -0.497 e. The molecule has 2 heterocycles. The van der Waals surface area contributed by atoms with Crippen LogP contribution in [0.1, 0.15) is 26.3 Å². The van der Waals surface area contributed by atoms with Crippen LogP contribution in [-0.4, -0.2) is 68.5 Å². The number of piperazine rings is 1. The molecule has 0 radical (unpaired) electrons. The van der Waals surface area contributed by atoms with Gasteiger partial charge in [0.15, 0.2) is 0 Å². The van der Waals surface area contributed by atoms with Crippen molar-refractivity contribution in [3.63, 3.8) is 0 Å². The van der Waals surface area contributed by atoms with E-state index in [9.17, 15) is 9.59 Å². The van der Waals surface area contributed by atoms with Crippen LogP contribution in [0.25, 0.3) is 0 Å². The number of carbonyl (C=O) groups is 2. The number of para-hydroxylation sites is 1. The summed E-state index contributed by atoms with van der Waals surface area (Å²) >= 11 is 0. The van der Waals surface area contributed by atoms with Gasteiger partial charge >= 0.3 is 0 Å². The number of ether oxygens (including phenoxy) is 1. The van der Waals surface area contributed by atoms with Crippen LogP contribution >= 0.6 is 0 Å². The zero-order valence-corrected chi connectivity index (χ0v) is 16.4. The van der Waals surface area contributed by atoms with E-state index in [-0.39, 0.29) is 11.8 Å². The highest BCUT2D eigenvalue weighted by molar-refractivity contribution is 6.21. The Kier molecular flexibility index (Phi) is 5.05. The molecule has 146 valence electrons. The third-order valence-electron chi connectivity index (χ3n) is 5.62. The van der Waals surface area contributed by atoms with E-state index in [2.05, 4.69) is 29.0 Å². The first-order valence-electron chi connectivity index (χ1n) is 9.64. The van der Waals surface area contributed by atoms with E-state index >= 15 is 0 Å². The van der Waals surface area contributed by atoms with Gasteiger partial charge in [0.05, 0.1) is 18.2 Å². The van der Waals surface area contributed by atoms with Gasteiger partial charge < -0.3 is 14.5 Å². The summed E-state index contributed by atoms with van der Waals surface area (Å²) in [6.45, 7) is 4.42. The van der Waals surface area contributed by atoms with Gasteiger partial charge in [0.2, 0.25) is 0 Å². The lowest BCUT2D eigenvalue weighted by atomic mass is 10.1. The summed E-state index contributed by atoms with van der Waals surface area (Å²) in [4.78, 5) is 31.5. The first-order valence-corrected chi connectivity index (χ1v) is 9.64. The number of nitrogens with zero attached hydrogens (tertiary/aromatic N) is 3. The molecule has 2 amide bonds. The molecule has 2 aliphatic rings. The first kappa shape index (κ1) is 18.5. The van der Waals surface area contributed by atoms with Crippen LogP contribution in [0.15, 0.2) is 42.5 Å². The van der Waals surface area contributed by atoms with E-state index in [1.807, 2.05) is 12.1 Å². The minimum atomic E-state index is -0.240. The van der Waals surface area contributed by atoms with Crippen molar-refractivity contribution in [1.82, 2.24) is 9.80 Å². The molecule has 1 saturated heterocycles. The smallest absolute Gasteiger partial charge is 0.261 e. The predicted molar refractivity (Wildman–Crippen MR) is 108 cm³/mol. The maximum atomic E-state index is 12.8. The number of anilines is 1. The van der Waals surface area contributed by atoms with E-state index in [1.54, 1.807) is 25.3 Å². The maximum absolute atomic E-state index is 12.8. The van der Waals surface area contributed by atoms with E-state index in [0.717, 1.165) is 26.2 Å². The summed E-state index contributed by atoms with van der Waals surface area (Å²) in [5.41, 5.74) is 3.25. The summed E-state index contributed by atoms with van der Waals surface area (Å²) < 4.78 is 5.19. The molecule has 0 saturated carbocycles. The summed E-state index contributed by atoms with van der Waals surface area (Å²) in [6.07, 6.45) is 0.644. The largest absolute Gasteiger partial charge is 0.497 e. The van der Waals surface area contributed by atoms with E-state index in [1.165, 1.54) is 16.2 Å². The Morgan fingerprint density at radius 3 is 2.39 bits per heavy atom. The van der Waals surface area contributed by atoms with Crippen molar-refractivity contribution in [1.29, 1.82) is 0 Å². The molecular formula is C22H25N3O3. The number of fused-ring (bicyclic) bond motifs is 1. The quantitative estimate of drug-likeness (QED) is 0.746. The van der Waals surface area contributed by atoms with E-state index in [4.69, 9.17) is 4.74 Å². The van der Waals surface area contributed by atoms with Crippen molar-refractivity contribution in [2.24, 2.45) is 0 Å². The van der Waals surface area contributed by atoms with Gasteiger partial charge in [-0.05, 0) is 43.3 Å². The summed E-state index contributed by atoms with van der Waals surface area (Å²) in [6, 6.07) is 13.3. The van der Waals surface area contributed by atoms with Gasteiger partial charge in [-0.3, -0.25) is 14.5 Å². The normalized spacial score (nSPS) is 17.2. The summed E-state index contributed by atoms with van der Waals surface area (Å²) in [7, 11) is 3.69. The zero-order chi connectivity index (χ0) is 19.7. The van der Waals surface area contributed by atoms with Crippen molar-refractivity contribution in [3.8, 4) is 5.75 Å². The predicted octanol–water partition coefficient (Wildman–Crippen LogP) is 2.29. The summed E-state index contributed by atoms with van der Waals surface area (Å²) in [5.74, 6) is 0.123. The summed E-state index contributed by atoms with van der Waals surface area (Å²) in [5, 5.41) is 0. The monoisotopic (exact) mass is 379 g/mol. The maximum Gasteiger partial charge on any atom is 0.261 e. The van der Waals surface area contributed by atoms with E-state index < -0.39 is 0 Å². The number of benzene rings is 2. The number of imide groups is 1. The van der Waals surface area contributed by atoms with Crippen molar-refractivity contribution in [3.05, 3.63) is 59.2 Å². The van der Waals surface area contributed by atoms with Crippen LogP contribution in [-0.2, 0) is 6.42 Å². The van der Waals surface area contributed by atoms with Crippen LogP contribution in [0, 0.1) is 0 Å². The molecule has 2 aromatic rings. The fourth-order valence-corrected chi connectivity index (χ4v) is 3.91. The Balaban J connectivity index is 1.50. The van der Waals surface area contributed by atoms with Crippen molar-refractivity contribution in [2.45, 2.75) is 6.42 Å². The number of hydrogen-bond acceptors (Lipinski definition) is 5. The van der Waals surface area contributed by atoms with Crippen LogP contribution in [0.2, 0.25) is 0 Å². The second kappa shape index (κ2) is 7.64. The molecule has 4 rings (SSSR count). The average Bonchev–Trinajstić information content (AvgIpc) is 2.97. The number of methoxy groups -OCH3 is 1. The highest BCUT2D eigenvalue weighted by atomic mass is 16.5. The lowest BCUT2D eigenvalue weighted by Crippen LogP contribution is -2.44. The molecule has 0 N–H and O–H groups in total. The molecule has 28 heavy (non-hydrogen) atoms. The lowest BCUT2D eigenvalue weighted by Gasteiger charge is -2.35. The second-order valence-corrected chi connectivity index (χ2v) is 7.34. The standard InChI is InChI=1S/C22H25N3O3/c1-23-11-13-24(14-12-23)20-6-4-3-5-16(20)9-10-25-21(26)18-8-7-17(28-2)15-19(18)22(25)27/h3-8,15H,9-14H2,1-2H3. The number of rotatable bonds is 5. The Morgan fingerprint density at radius 2 is 1.64 bits per heavy atom. The van der Waals surface area contributed by atoms with Crippen LogP contribution in [0.3, 0.4) is 0 Å². The molecule has 1 fully saturated rings. The van der Waals surface area contributed by atoms with Gasteiger partial charge in [-0.2, -0.15) is 0 Å². The third-order valence-corrected chi connectivity index (χ3v) is 5.62. The Labute approximate surface area is 165 Å². The highest BCUT2D eigenvalue weighted by Crippen LogP contribution is 2.28. The third kappa shape index (κ3) is 3.36. The van der Waals surface area contributed by atoms with E-state index in [0.29, 0.717) is 29.8 Å². The van der Waals surface area contributed by atoms with Gasteiger partial charge in [0.1, 0.15) is 5.75 Å². The number of amides is 2. The van der Waals surface area contributed by atoms with Crippen molar-refractivity contribution >= 4 is 17.5 Å². The Bertz CT molecular complexity index is 904. The van der Waals surface area contributed by atoms with Crippen LogP contribution < -0.4 is 9.64 Å². The van der Waals surface area contributed by atoms with Gasteiger partial charge in [-0.1, -0.05) is 18.2 Å². The van der Waals surface area contributed by atoms with Gasteiger partial charge in [0.25, 0.3) is 11.8 Å². The van der Waals surface area contributed by atoms with Gasteiger partial charge in [-0.15, -0.1) is 0 Å². The molecular weight excluding hydrogens is 354 g/mol. The molecule has 6 heteroatoms. The molecule has 0 aliphatic carbocycles. The van der Waals surface area contributed by atoms with Crippen LogP contribution in [0.4, 0.5) is 5.69 Å². The number of carbonyl (C=O) groups excluding carboxylic acids is 2. The number of likely N-dealkylation sites (N-methyl/N-ethyl adjacent to an activating group) is 1. The molecule has 0 bridgehead atoms. The average molecular weight is 379 g/mol. The Hall–Kier alpha value is -2.86. The second-order valence-electron chi connectivity index (χ2n) is 7.34. The Morgan fingerprint density at radius 1 is 0.929 bits per heavy atom. The van der Waals surface area contributed by atoms with Crippen LogP contribution in [0.5, 0.6) is 5.75 Å². The topological polar surface area (TPSA) is 53.1 Å². The molecule has 6 nitrogen and oxygen atoms in total. The molecule has 0 atom stereocenters. The SMILES string of the molecule is COc1ccc2c(c1)C(=O)N(CCc1ccccc1N1CCN(C)CC1)C2=O. The van der Waals surface area contributed by atoms with Gasteiger partial charge in [-0.25, -0.2) is 0 Å². The highest BCUT2D eigenvalue weighted by Gasteiger charge is 2.35. The molecule has 2 aliphatic heterocycles. The van der Waals surface area contributed by atoms with Gasteiger partial charge in [0, 0.05) is 38.4 Å². The fourth-order valence-electron chi connectivity index (χ4n) is 3.91. The van der Waals surface area contributed by atoms with Crippen molar-refractivity contribution < 1.29 is 14.3 Å². The molecule has 0 aromatic heterocycles. The molecule has 0 spiro atoms. The molecule has 0 unspecified atom stereocenters.